The van der Waals surface area contributed by atoms with Crippen molar-refractivity contribution in [1.82, 2.24) is 29.8 Å². The van der Waals surface area contributed by atoms with E-state index in [1.807, 2.05) is 48.5 Å². The molecule has 5 rings (SSSR count). The van der Waals surface area contributed by atoms with Crippen LogP contribution in [0.15, 0.2) is 54.9 Å². The van der Waals surface area contributed by atoms with Gasteiger partial charge in [-0.3, -0.25) is 9.69 Å². The quantitative estimate of drug-likeness (QED) is 0.563. The molecular formula is C18H15N7O. The lowest BCUT2D eigenvalue weighted by Gasteiger charge is -2.14. The van der Waals surface area contributed by atoms with Crippen LogP contribution in [0.1, 0.15) is 5.56 Å². The van der Waals surface area contributed by atoms with Crippen molar-refractivity contribution >= 4 is 22.9 Å². The van der Waals surface area contributed by atoms with E-state index in [1.165, 1.54) is 6.33 Å². The minimum Gasteiger partial charge on any atom is -0.308 e. The van der Waals surface area contributed by atoms with E-state index in [4.69, 9.17) is 0 Å². The van der Waals surface area contributed by atoms with E-state index in [0.29, 0.717) is 13.0 Å². The highest BCUT2D eigenvalue weighted by Crippen LogP contribution is 2.27. The number of fused-ring (bicyclic) bond motifs is 3. The zero-order valence-corrected chi connectivity index (χ0v) is 13.9. The molecule has 3 heterocycles. The van der Waals surface area contributed by atoms with Crippen LogP contribution in [0, 0.1) is 0 Å². The molecule has 0 N–H and O–H groups in total. The second kappa shape index (κ2) is 5.76. The summed E-state index contributed by atoms with van der Waals surface area (Å²) in [4.78, 5) is 19.2. The molecule has 26 heavy (non-hydrogen) atoms. The number of amides is 1. The van der Waals surface area contributed by atoms with Gasteiger partial charge in [0, 0.05) is 13.1 Å². The first kappa shape index (κ1) is 14.8. The lowest BCUT2D eigenvalue weighted by atomic mass is 10.1. The first-order valence-corrected chi connectivity index (χ1v) is 8.37. The number of tetrazole rings is 1. The Morgan fingerprint density at radius 2 is 1.88 bits per heavy atom. The molecule has 0 atom stereocenters. The predicted octanol–water partition coefficient (Wildman–Crippen LogP) is 1.60. The number of para-hydroxylation sites is 2. The minimum absolute atomic E-state index is 0.0502. The third kappa shape index (κ3) is 2.34. The van der Waals surface area contributed by atoms with Crippen molar-refractivity contribution in [2.45, 2.75) is 13.0 Å². The standard InChI is InChI=1S/C18H15N7O/c26-17(11-13-5-7-14(8-6-13)25-12-19-21-22-25)24-10-9-23-16-4-2-1-3-15(16)20-18(23)24/h1-8,12H,9-11H2. The number of anilines is 1. The van der Waals surface area contributed by atoms with Crippen molar-refractivity contribution in [3.8, 4) is 5.69 Å². The zero-order valence-electron chi connectivity index (χ0n) is 13.9. The molecule has 0 radical (unpaired) electrons. The van der Waals surface area contributed by atoms with Crippen molar-refractivity contribution in [1.29, 1.82) is 0 Å². The maximum Gasteiger partial charge on any atom is 0.233 e. The van der Waals surface area contributed by atoms with Gasteiger partial charge in [0.25, 0.3) is 0 Å². The Morgan fingerprint density at radius 3 is 2.69 bits per heavy atom. The number of carbonyl (C=O) groups excluding carboxylic acids is 1. The second-order valence-electron chi connectivity index (χ2n) is 6.20. The smallest absolute Gasteiger partial charge is 0.233 e. The molecule has 2 aromatic carbocycles. The number of rotatable bonds is 3. The van der Waals surface area contributed by atoms with Crippen LogP contribution >= 0.6 is 0 Å². The Labute approximate surface area is 148 Å². The van der Waals surface area contributed by atoms with Crippen LogP contribution in [0.5, 0.6) is 0 Å². The van der Waals surface area contributed by atoms with E-state index in [-0.39, 0.29) is 5.91 Å². The summed E-state index contributed by atoms with van der Waals surface area (Å²) >= 11 is 0. The number of carbonyl (C=O) groups is 1. The minimum atomic E-state index is 0.0502. The molecule has 128 valence electrons. The van der Waals surface area contributed by atoms with E-state index in [9.17, 15) is 4.79 Å². The van der Waals surface area contributed by atoms with Crippen molar-refractivity contribution < 1.29 is 4.79 Å². The predicted molar refractivity (Wildman–Crippen MR) is 94.9 cm³/mol. The molecule has 0 bridgehead atoms. The number of hydrogen-bond acceptors (Lipinski definition) is 5. The van der Waals surface area contributed by atoms with Crippen LogP contribution in [0.4, 0.5) is 5.95 Å². The first-order valence-electron chi connectivity index (χ1n) is 8.37. The molecule has 0 fully saturated rings. The van der Waals surface area contributed by atoms with Crippen molar-refractivity contribution in [2.24, 2.45) is 0 Å². The number of benzene rings is 2. The van der Waals surface area contributed by atoms with Crippen LogP contribution in [0.3, 0.4) is 0 Å². The van der Waals surface area contributed by atoms with Gasteiger partial charge in [0.05, 0.1) is 23.1 Å². The average Bonchev–Trinajstić information content (AvgIpc) is 3.39. The second-order valence-corrected chi connectivity index (χ2v) is 6.20. The zero-order chi connectivity index (χ0) is 17.5. The Balaban J connectivity index is 1.37. The Hall–Kier alpha value is -3.55. The Morgan fingerprint density at radius 1 is 1.04 bits per heavy atom. The van der Waals surface area contributed by atoms with Crippen molar-refractivity contribution in [3.05, 3.63) is 60.4 Å². The number of hydrogen-bond donors (Lipinski definition) is 0. The Bertz CT molecular complexity index is 1080. The fraction of sp³-hybridized carbons (Fsp3) is 0.167. The molecule has 0 spiro atoms. The summed E-state index contributed by atoms with van der Waals surface area (Å²) in [5, 5.41) is 11.1. The van der Waals surface area contributed by atoms with Crippen LogP contribution in [0.2, 0.25) is 0 Å². The van der Waals surface area contributed by atoms with E-state index < -0.39 is 0 Å². The molecular weight excluding hydrogens is 330 g/mol. The van der Waals surface area contributed by atoms with E-state index in [0.717, 1.165) is 34.8 Å². The van der Waals surface area contributed by atoms with Crippen LogP contribution in [-0.2, 0) is 17.8 Å². The summed E-state index contributed by atoms with van der Waals surface area (Å²) in [7, 11) is 0. The van der Waals surface area contributed by atoms with Gasteiger partial charge in [-0.25, -0.2) is 9.67 Å². The van der Waals surface area contributed by atoms with Crippen LogP contribution in [-0.4, -0.2) is 42.2 Å². The molecule has 2 aromatic heterocycles. The maximum atomic E-state index is 12.8. The van der Waals surface area contributed by atoms with Gasteiger partial charge in [-0.1, -0.05) is 24.3 Å². The van der Waals surface area contributed by atoms with E-state index in [2.05, 4.69) is 25.1 Å². The number of imidazole rings is 1. The normalized spacial score (nSPS) is 13.3. The third-order valence-electron chi connectivity index (χ3n) is 4.63. The highest BCUT2D eigenvalue weighted by Gasteiger charge is 2.28. The van der Waals surface area contributed by atoms with Crippen LogP contribution < -0.4 is 4.90 Å². The van der Waals surface area contributed by atoms with Gasteiger partial charge < -0.3 is 4.57 Å². The third-order valence-corrected chi connectivity index (χ3v) is 4.63. The highest BCUT2D eigenvalue weighted by molar-refractivity contribution is 5.96. The molecule has 4 aromatic rings. The lowest BCUT2D eigenvalue weighted by molar-refractivity contribution is -0.117. The fourth-order valence-electron chi connectivity index (χ4n) is 3.34. The molecule has 0 saturated carbocycles. The molecule has 0 aliphatic carbocycles. The Kier molecular flexibility index (Phi) is 3.27. The molecule has 8 heteroatoms. The van der Waals surface area contributed by atoms with Gasteiger partial charge in [0.15, 0.2) is 0 Å². The van der Waals surface area contributed by atoms with Gasteiger partial charge in [0.1, 0.15) is 6.33 Å². The summed E-state index contributed by atoms with van der Waals surface area (Å²) in [6.45, 7) is 1.44. The molecule has 8 nitrogen and oxygen atoms in total. The van der Waals surface area contributed by atoms with Gasteiger partial charge in [0.2, 0.25) is 11.9 Å². The summed E-state index contributed by atoms with van der Waals surface area (Å²) in [5.74, 6) is 0.788. The van der Waals surface area contributed by atoms with Gasteiger partial charge in [-0.2, -0.15) is 0 Å². The summed E-state index contributed by atoms with van der Waals surface area (Å²) in [5.41, 5.74) is 3.80. The monoisotopic (exact) mass is 345 g/mol. The lowest BCUT2D eigenvalue weighted by Crippen LogP contribution is -2.30. The largest absolute Gasteiger partial charge is 0.308 e. The van der Waals surface area contributed by atoms with Gasteiger partial charge in [-0.15, -0.1) is 5.10 Å². The van der Waals surface area contributed by atoms with Crippen LogP contribution in [0.25, 0.3) is 16.7 Å². The topological polar surface area (TPSA) is 81.7 Å². The van der Waals surface area contributed by atoms with Gasteiger partial charge >= 0.3 is 0 Å². The van der Waals surface area contributed by atoms with Gasteiger partial charge in [-0.05, 0) is 40.3 Å². The molecule has 1 aliphatic rings. The molecule has 0 unspecified atom stereocenters. The van der Waals surface area contributed by atoms with E-state index in [1.54, 1.807) is 9.58 Å². The number of nitrogens with zero attached hydrogens (tertiary/aromatic N) is 7. The molecule has 1 amide bonds. The fourth-order valence-corrected chi connectivity index (χ4v) is 3.34. The van der Waals surface area contributed by atoms with Crippen molar-refractivity contribution in [2.75, 3.05) is 11.4 Å². The first-order chi connectivity index (χ1) is 12.8. The molecule has 0 saturated heterocycles. The molecule has 1 aliphatic heterocycles. The summed E-state index contributed by atoms with van der Waals surface area (Å²) in [6, 6.07) is 15.6. The van der Waals surface area contributed by atoms with E-state index >= 15 is 0 Å². The highest BCUT2D eigenvalue weighted by atomic mass is 16.2. The summed E-state index contributed by atoms with van der Waals surface area (Å²) in [6.07, 6.45) is 1.87. The maximum absolute atomic E-state index is 12.8. The summed E-state index contributed by atoms with van der Waals surface area (Å²) < 4.78 is 3.68. The average molecular weight is 345 g/mol. The SMILES string of the molecule is O=C(Cc1ccc(-n2cnnn2)cc1)N1CCn2c1nc1ccccc12. The van der Waals surface area contributed by atoms with Crippen molar-refractivity contribution in [3.63, 3.8) is 0 Å². The number of aromatic nitrogens is 6.